The van der Waals surface area contributed by atoms with Gasteiger partial charge in [-0.15, -0.1) is 0 Å². The lowest BCUT2D eigenvalue weighted by molar-refractivity contribution is -0.120. The first-order valence-corrected chi connectivity index (χ1v) is 9.06. The maximum Gasteiger partial charge on any atom is 0.240 e. The largest absolute Gasteiger partial charge is 0.497 e. The zero-order chi connectivity index (χ0) is 17.6. The number of amides is 1. The normalized spacial score (nSPS) is 12.4. The van der Waals surface area contributed by atoms with Crippen LogP contribution in [-0.4, -0.2) is 47.4 Å². The lowest BCUT2D eigenvalue weighted by atomic mass is 10.2. The van der Waals surface area contributed by atoms with Gasteiger partial charge in [0.15, 0.2) is 0 Å². The first-order chi connectivity index (χ1) is 10.7. The monoisotopic (exact) mass is 344 g/mol. The van der Waals surface area contributed by atoms with Gasteiger partial charge in [-0.05, 0) is 25.5 Å². The highest BCUT2D eigenvalue weighted by Gasteiger charge is 2.24. The molecular formula is C15H24N2O5S. The average Bonchev–Trinajstić information content (AvgIpc) is 2.50. The van der Waals surface area contributed by atoms with Crippen LogP contribution in [0.4, 0.5) is 5.69 Å². The molecule has 1 N–H and O–H groups in total. The topological polar surface area (TPSA) is 84.9 Å². The molecule has 1 rings (SSSR count). The number of ether oxygens (including phenoxy) is 2. The highest BCUT2D eigenvalue weighted by molar-refractivity contribution is 7.92. The third kappa shape index (κ3) is 5.31. The second-order valence-corrected chi connectivity index (χ2v) is 7.09. The van der Waals surface area contributed by atoms with Crippen LogP contribution >= 0.6 is 0 Å². The Kier molecular flexibility index (Phi) is 6.68. The van der Waals surface area contributed by atoms with Crippen LogP contribution in [0.5, 0.6) is 11.5 Å². The van der Waals surface area contributed by atoms with Crippen LogP contribution in [0.15, 0.2) is 18.2 Å². The standard InChI is InChI=1S/C15H24N2O5S/c1-6-11(2)16-15(18)10-17(23(5,19)20)13-8-7-12(21-3)9-14(13)22-4/h7-9,11H,6,10H2,1-5H3,(H,16,18)/t11-/m0/s1. The van der Waals surface area contributed by atoms with E-state index in [9.17, 15) is 13.2 Å². The molecular weight excluding hydrogens is 320 g/mol. The Morgan fingerprint density at radius 1 is 1.30 bits per heavy atom. The maximum absolute atomic E-state index is 12.1. The molecule has 130 valence electrons. The van der Waals surface area contributed by atoms with Crippen molar-refractivity contribution in [1.82, 2.24) is 5.32 Å². The highest BCUT2D eigenvalue weighted by atomic mass is 32.2. The van der Waals surface area contributed by atoms with Crippen LogP contribution in [0.25, 0.3) is 0 Å². The molecule has 0 spiro atoms. The summed E-state index contributed by atoms with van der Waals surface area (Å²) in [5.41, 5.74) is 0.287. The zero-order valence-corrected chi connectivity index (χ0v) is 14.9. The minimum absolute atomic E-state index is 0.0262. The van der Waals surface area contributed by atoms with Crippen LogP contribution in [0, 0.1) is 0 Å². The van der Waals surface area contributed by atoms with E-state index in [1.54, 1.807) is 18.2 Å². The zero-order valence-electron chi connectivity index (χ0n) is 14.1. The van der Waals surface area contributed by atoms with Crippen LogP contribution in [0.1, 0.15) is 20.3 Å². The summed E-state index contributed by atoms with van der Waals surface area (Å²) in [6.45, 7) is 3.48. The molecule has 8 heteroatoms. The van der Waals surface area contributed by atoms with Gasteiger partial charge < -0.3 is 14.8 Å². The summed E-state index contributed by atoms with van der Waals surface area (Å²) in [5, 5.41) is 2.75. The molecule has 0 aliphatic rings. The number of methoxy groups -OCH3 is 2. The van der Waals surface area contributed by atoms with E-state index in [0.29, 0.717) is 11.5 Å². The van der Waals surface area contributed by atoms with E-state index >= 15 is 0 Å². The van der Waals surface area contributed by atoms with Crippen molar-refractivity contribution in [2.24, 2.45) is 0 Å². The molecule has 1 aromatic carbocycles. The molecule has 7 nitrogen and oxygen atoms in total. The van der Waals surface area contributed by atoms with Crippen molar-refractivity contribution in [2.45, 2.75) is 26.3 Å². The molecule has 1 amide bonds. The molecule has 0 bridgehead atoms. The van der Waals surface area contributed by atoms with Crippen molar-refractivity contribution in [1.29, 1.82) is 0 Å². The van der Waals surface area contributed by atoms with Crippen molar-refractivity contribution in [3.63, 3.8) is 0 Å². The summed E-state index contributed by atoms with van der Waals surface area (Å²) >= 11 is 0. The van der Waals surface area contributed by atoms with Crippen molar-refractivity contribution >= 4 is 21.6 Å². The van der Waals surface area contributed by atoms with Gasteiger partial charge in [0, 0.05) is 12.1 Å². The average molecular weight is 344 g/mol. The molecule has 0 saturated carbocycles. The molecule has 0 radical (unpaired) electrons. The maximum atomic E-state index is 12.1. The Labute approximate surface area is 137 Å². The number of hydrogen-bond acceptors (Lipinski definition) is 5. The third-order valence-electron chi connectivity index (χ3n) is 3.36. The van der Waals surface area contributed by atoms with Crippen LogP contribution in [-0.2, 0) is 14.8 Å². The fourth-order valence-electron chi connectivity index (χ4n) is 1.92. The highest BCUT2D eigenvalue weighted by Crippen LogP contribution is 2.33. The van der Waals surface area contributed by atoms with Crippen molar-refractivity contribution < 1.29 is 22.7 Å². The van der Waals surface area contributed by atoms with Crippen molar-refractivity contribution in [2.75, 3.05) is 31.3 Å². The molecule has 1 aromatic rings. The van der Waals surface area contributed by atoms with E-state index in [0.717, 1.165) is 17.0 Å². The quantitative estimate of drug-likeness (QED) is 0.770. The van der Waals surface area contributed by atoms with Gasteiger partial charge >= 0.3 is 0 Å². The third-order valence-corrected chi connectivity index (χ3v) is 4.49. The minimum atomic E-state index is -3.66. The number of carbonyl (C=O) groups excluding carboxylic acids is 1. The summed E-state index contributed by atoms with van der Waals surface area (Å²) in [6, 6.07) is 4.71. The van der Waals surface area contributed by atoms with E-state index in [1.165, 1.54) is 14.2 Å². The lowest BCUT2D eigenvalue weighted by Crippen LogP contribution is -2.43. The second kappa shape index (κ2) is 8.05. The minimum Gasteiger partial charge on any atom is -0.497 e. The Hall–Kier alpha value is -1.96. The van der Waals surface area contributed by atoms with Gasteiger partial charge in [0.05, 0.1) is 26.2 Å². The molecule has 0 aliphatic carbocycles. The predicted octanol–water partition coefficient (Wildman–Crippen LogP) is 1.38. The number of nitrogens with one attached hydrogen (secondary N) is 1. The first-order valence-electron chi connectivity index (χ1n) is 7.22. The van der Waals surface area contributed by atoms with Crippen LogP contribution < -0.4 is 19.1 Å². The molecule has 0 unspecified atom stereocenters. The fraction of sp³-hybridized carbons (Fsp3) is 0.533. The van der Waals surface area contributed by atoms with Gasteiger partial charge in [-0.2, -0.15) is 0 Å². The molecule has 0 aliphatic heterocycles. The van der Waals surface area contributed by atoms with E-state index < -0.39 is 10.0 Å². The van der Waals surface area contributed by atoms with Gasteiger partial charge in [-0.1, -0.05) is 6.92 Å². The smallest absolute Gasteiger partial charge is 0.240 e. The number of benzene rings is 1. The number of carbonyl (C=O) groups is 1. The van der Waals surface area contributed by atoms with Gasteiger partial charge in [0.1, 0.15) is 18.0 Å². The van der Waals surface area contributed by atoms with Gasteiger partial charge in [-0.25, -0.2) is 8.42 Å². The predicted molar refractivity (Wildman–Crippen MR) is 89.6 cm³/mol. The summed E-state index contributed by atoms with van der Waals surface area (Å²) < 4.78 is 35.6. The number of anilines is 1. The van der Waals surface area contributed by atoms with Gasteiger partial charge in [0.2, 0.25) is 15.9 Å². The summed E-state index contributed by atoms with van der Waals surface area (Å²) in [6.07, 6.45) is 1.81. The first kappa shape index (κ1) is 19.1. The number of sulfonamides is 1. The molecule has 0 fully saturated rings. The number of hydrogen-bond donors (Lipinski definition) is 1. The van der Waals surface area contributed by atoms with E-state index in [4.69, 9.17) is 9.47 Å². The van der Waals surface area contributed by atoms with Crippen molar-refractivity contribution in [3.05, 3.63) is 18.2 Å². The lowest BCUT2D eigenvalue weighted by Gasteiger charge is -2.24. The molecule has 0 heterocycles. The Balaban J connectivity index is 3.16. The van der Waals surface area contributed by atoms with Crippen LogP contribution in [0.3, 0.4) is 0 Å². The van der Waals surface area contributed by atoms with Crippen molar-refractivity contribution in [3.8, 4) is 11.5 Å². The van der Waals surface area contributed by atoms with Gasteiger partial charge in [-0.3, -0.25) is 9.10 Å². The number of rotatable bonds is 8. The Bertz CT molecular complexity index is 645. The van der Waals surface area contributed by atoms with Gasteiger partial charge in [0.25, 0.3) is 0 Å². The summed E-state index contributed by atoms with van der Waals surface area (Å²) in [5.74, 6) is 0.469. The van der Waals surface area contributed by atoms with E-state index in [-0.39, 0.29) is 24.2 Å². The fourth-order valence-corrected chi connectivity index (χ4v) is 2.78. The number of nitrogens with zero attached hydrogens (tertiary/aromatic N) is 1. The second-order valence-electron chi connectivity index (χ2n) is 5.18. The Morgan fingerprint density at radius 2 is 1.96 bits per heavy atom. The Morgan fingerprint density at radius 3 is 2.43 bits per heavy atom. The molecule has 0 aromatic heterocycles. The molecule has 23 heavy (non-hydrogen) atoms. The van der Waals surface area contributed by atoms with E-state index in [1.807, 2.05) is 13.8 Å². The summed E-state index contributed by atoms with van der Waals surface area (Å²) in [4.78, 5) is 12.1. The van der Waals surface area contributed by atoms with Crippen LogP contribution in [0.2, 0.25) is 0 Å². The van der Waals surface area contributed by atoms with E-state index in [2.05, 4.69) is 5.32 Å². The molecule has 0 saturated heterocycles. The molecule has 1 atom stereocenters. The summed E-state index contributed by atoms with van der Waals surface area (Å²) in [7, 11) is -0.725. The SMILES string of the molecule is CC[C@H](C)NC(=O)CN(c1ccc(OC)cc1OC)S(C)(=O)=O.